The molecule has 1 aromatic carbocycles. The van der Waals surface area contributed by atoms with Gasteiger partial charge in [0.25, 0.3) is 5.91 Å². The van der Waals surface area contributed by atoms with Crippen LogP contribution in [0.5, 0.6) is 5.75 Å². The molecule has 4 atom stereocenters. The van der Waals surface area contributed by atoms with Gasteiger partial charge in [-0.2, -0.15) is 0 Å². The highest BCUT2D eigenvalue weighted by Crippen LogP contribution is 2.21. The maximum absolute atomic E-state index is 12.0. The van der Waals surface area contributed by atoms with E-state index >= 15 is 0 Å². The van der Waals surface area contributed by atoms with Crippen LogP contribution in [-0.2, 0) is 4.74 Å². The average Bonchev–Trinajstić information content (AvgIpc) is 2.66. The summed E-state index contributed by atoms with van der Waals surface area (Å²) in [5.74, 6) is -0.411. The number of carbonyl (C=O) groups is 1. The fourth-order valence-corrected chi connectivity index (χ4v) is 2.19. The van der Waals surface area contributed by atoms with Crippen molar-refractivity contribution < 1.29 is 24.9 Å². The predicted molar refractivity (Wildman–Crippen MR) is 66.8 cm³/mol. The van der Waals surface area contributed by atoms with Crippen LogP contribution in [0.15, 0.2) is 24.3 Å². The van der Waals surface area contributed by atoms with Crippen LogP contribution in [0, 0.1) is 0 Å². The maximum Gasteiger partial charge on any atom is 0.251 e. The number of hydrogen-bond donors (Lipinski definition) is 4. The number of benzene rings is 1. The van der Waals surface area contributed by atoms with Crippen molar-refractivity contribution in [1.82, 2.24) is 5.32 Å². The van der Waals surface area contributed by atoms with E-state index in [0.29, 0.717) is 5.56 Å². The molecule has 1 aliphatic heterocycles. The summed E-state index contributed by atoms with van der Waals surface area (Å²) in [5, 5.41) is 30.9. The fraction of sp³-hybridized carbons (Fsp3) is 0.462. The van der Waals surface area contributed by atoms with Crippen molar-refractivity contribution in [2.24, 2.45) is 0 Å². The standard InChI is InChI=1S/C13H17NO5/c1-7-11(12(17)10(6-15)19-7)14-13(18)8-3-2-4-9(16)5-8/h2-5,7,10-12,15-17H,6H2,1H3,(H,14,18)/t7-,10+,11?,12-/m0/s1. The van der Waals surface area contributed by atoms with Gasteiger partial charge in [-0.1, -0.05) is 6.07 Å². The van der Waals surface area contributed by atoms with Crippen LogP contribution in [0.4, 0.5) is 0 Å². The number of phenols is 1. The van der Waals surface area contributed by atoms with Crippen LogP contribution in [-0.4, -0.2) is 52.2 Å². The molecule has 19 heavy (non-hydrogen) atoms. The van der Waals surface area contributed by atoms with E-state index < -0.39 is 30.3 Å². The van der Waals surface area contributed by atoms with Gasteiger partial charge in [0.2, 0.25) is 0 Å². The smallest absolute Gasteiger partial charge is 0.251 e. The van der Waals surface area contributed by atoms with E-state index in [1.165, 1.54) is 12.1 Å². The normalized spacial score (nSPS) is 30.3. The highest BCUT2D eigenvalue weighted by molar-refractivity contribution is 5.94. The molecule has 6 nitrogen and oxygen atoms in total. The number of hydrogen-bond acceptors (Lipinski definition) is 5. The number of nitrogens with one attached hydrogen (secondary N) is 1. The van der Waals surface area contributed by atoms with Gasteiger partial charge in [-0.15, -0.1) is 0 Å². The number of phenolic OH excluding ortho intramolecular Hbond substituents is 1. The van der Waals surface area contributed by atoms with Crippen molar-refractivity contribution >= 4 is 5.91 Å². The summed E-state index contributed by atoms with van der Waals surface area (Å²) in [4.78, 5) is 12.0. The lowest BCUT2D eigenvalue weighted by atomic mass is 10.0. The lowest BCUT2D eigenvalue weighted by Crippen LogP contribution is -2.47. The van der Waals surface area contributed by atoms with Gasteiger partial charge in [0.15, 0.2) is 0 Å². The lowest BCUT2D eigenvalue weighted by molar-refractivity contribution is -0.0170. The summed E-state index contributed by atoms with van der Waals surface area (Å²) in [6.07, 6.45) is -2.04. The molecular formula is C13H17NO5. The second-order valence-electron chi connectivity index (χ2n) is 4.60. The molecule has 0 radical (unpaired) electrons. The van der Waals surface area contributed by atoms with Gasteiger partial charge in [0, 0.05) is 5.56 Å². The third-order valence-corrected chi connectivity index (χ3v) is 3.23. The van der Waals surface area contributed by atoms with Gasteiger partial charge in [-0.3, -0.25) is 4.79 Å². The van der Waals surface area contributed by atoms with Gasteiger partial charge in [0.1, 0.15) is 18.0 Å². The molecule has 0 bridgehead atoms. The van der Waals surface area contributed by atoms with Crippen molar-refractivity contribution in [3.63, 3.8) is 0 Å². The molecule has 0 aromatic heterocycles. The van der Waals surface area contributed by atoms with Crippen LogP contribution in [0.25, 0.3) is 0 Å². The minimum Gasteiger partial charge on any atom is -0.508 e. The van der Waals surface area contributed by atoms with Crippen molar-refractivity contribution in [2.45, 2.75) is 31.3 Å². The number of carbonyl (C=O) groups excluding carboxylic acids is 1. The second kappa shape index (κ2) is 5.56. The van der Waals surface area contributed by atoms with Crippen molar-refractivity contribution in [2.75, 3.05) is 6.61 Å². The van der Waals surface area contributed by atoms with E-state index in [2.05, 4.69) is 5.32 Å². The van der Waals surface area contributed by atoms with Gasteiger partial charge in [-0.05, 0) is 25.1 Å². The first-order valence-corrected chi connectivity index (χ1v) is 6.07. The Balaban J connectivity index is 2.07. The summed E-state index contributed by atoms with van der Waals surface area (Å²) in [6.45, 7) is 1.41. The van der Waals surface area contributed by atoms with E-state index in [0.717, 1.165) is 0 Å². The molecule has 1 aromatic rings. The highest BCUT2D eigenvalue weighted by atomic mass is 16.5. The summed E-state index contributed by atoms with van der Waals surface area (Å²) in [5.41, 5.74) is 0.298. The lowest BCUT2D eigenvalue weighted by Gasteiger charge is -2.19. The SMILES string of the molecule is C[C@@H]1O[C@H](CO)[C@H](O)C1NC(=O)c1cccc(O)c1. The van der Waals surface area contributed by atoms with Crippen LogP contribution in [0.2, 0.25) is 0 Å². The Morgan fingerprint density at radius 3 is 2.79 bits per heavy atom. The molecule has 1 aliphatic rings. The number of aliphatic hydroxyl groups is 2. The third-order valence-electron chi connectivity index (χ3n) is 3.23. The molecular weight excluding hydrogens is 250 g/mol. The van der Waals surface area contributed by atoms with Gasteiger partial charge in [0.05, 0.1) is 18.8 Å². The molecule has 2 rings (SSSR count). The Morgan fingerprint density at radius 2 is 2.21 bits per heavy atom. The molecule has 0 saturated carbocycles. The highest BCUT2D eigenvalue weighted by Gasteiger charge is 2.41. The zero-order valence-electron chi connectivity index (χ0n) is 10.5. The number of aromatic hydroxyl groups is 1. The van der Waals surface area contributed by atoms with Gasteiger partial charge >= 0.3 is 0 Å². The first-order valence-electron chi connectivity index (χ1n) is 6.07. The van der Waals surface area contributed by atoms with Crippen LogP contribution in [0.1, 0.15) is 17.3 Å². The Labute approximate surface area is 110 Å². The fourth-order valence-electron chi connectivity index (χ4n) is 2.19. The molecule has 0 spiro atoms. The Hall–Kier alpha value is -1.63. The van der Waals surface area contributed by atoms with E-state index in [9.17, 15) is 15.0 Å². The minimum absolute atomic E-state index is 0.00264. The number of aliphatic hydroxyl groups excluding tert-OH is 2. The Kier molecular flexibility index (Phi) is 4.04. The van der Waals surface area contributed by atoms with Gasteiger partial charge in [-0.25, -0.2) is 0 Å². The largest absolute Gasteiger partial charge is 0.508 e. The first kappa shape index (κ1) is 13.8. The molecule has 1 saturated heterocycles. The molecule has 4 N–H and O–H groups in total. The van der Waals surface area contributed by atoms with Crippen LogP contribution in [0.3, 0.4) is 0 Å². The van der Waals surface area contributed by atoms with E-state index in [-0.39, 0.29) is 12.4 Å². The topological polar surface area (TPSA) is 99.0 Å². The molecule has 1 unspecified atom stereocenters. The zero-order valence-corrected chi connectivity index (χ0v) is 10.5. The van der Waals surface area contributed by atoms with Crippen molar-refractivity contribution in [1.29, 1.82) is 0 Å². The summed E-state index contributed by atoms with van der Waals surface area (Å²) >= 11 is 0. The Bertz CT molecular complexity index is 464. The van der Waals surface area contributed by atoms with E-state index in [4.69, 9.17) is 9.84 Å². The molecule has 6 heteroatoms. The van der Waals surface area contributed by atoms with Gasteiger partial charge < -0.3 is 25.4 Å². The molecule has 104 valence electrons. The minimum atomic E-state index is -0.957. The summed E-state index contributed by atoms with van der Waals surface area (Å²) < 4.78 is 5.33. The summed E-state index contributed by atoms with van der Waals surface area (Å²) in [7, 11) is 0. The Morgan fingerprint density at radius 1 is 1.47 bits per heavy atom. The second-order valence-corrected chi connectivity index (χ2v) is 4.60. The molecule has 1 heterocycles. The number of rotatable bonds is 3. The zero-order chi connectivity index (χ0) is 14.0. The summed E-state index contributed by atoms with van der Waals surface area (Å²) in [6, 6.07) is 5.34. The van der Waals surface area contributed by atoms with Crippen LogP contribution < -0.4 is 5.32 Å². The van der Waals surface area contributed by atoms with E-state index in [1.54, 1.807) is 19.1 Å². The maximum atomic E-state index is 12.0. The predicted octanol–water partition coefficient (Wildman–Crippen LogP) is -0.369. The quantitative estimate of drug-likeness (QED) is 0.599. The average molecular weight is 267 g/mol. The van der Waals surface area contributed by atoms with Crippen molar-refractivity contribution in [3.8, 4) is 5.75 Å². The number of amides is 1. The van der Waals surface area contributed by atoms with E-state index in [1.807, 2.05) is 0 Å². The molecule has 0 aliphatic carbocycles. The third kappa shape index (κ3) is 2.86. The van der Waals surface area contributed by atoms with Crippen molar-refractivity contribution in [3.05, 3.63) is 29.8 Å². The monoisotopic (exact) mass is 267 g/mol. The first-order chi connectivity index (χ1) is 9.02. The molecule has 1 amide bonds. The van der Waals surface area contributed by atoms with Crippen LogP contribution >= 0.6 is 0 Å². The number of ether oxygens (including phenoxy) is 1. The molecule has 1 fully saturated rings.